The van der Waals surface area contributed by atoms with Gasteiger partial charge in [-0.15, -0.1) is 0 Å². The van der Waals surface area contributed by atoms with Crippen LogP contribution in [0.2, 0.25) is 0 Å². The van der Waals surface area contributed by atoms with Gasteiger partial charge in [-0.25, -0.2) is 5.43 Å². The number of hydrogen-bond acceptors (Lipinski definition) is 7. The van der Waals surface area contributed by atoms with Crippen molar-refractivity contribution in [1.82, 2.24) is 5.43 Å². The van der Waals surface area contributed by atoms with Crippen LogP contribution >= 0.6 is 15.9 Å². The summed E-state index contributed by atoms with van der Waals surface area (Å²) in [7, 11) is 0. The fourth-order valence-electron chi connectivity index (χ4n) is 2.20. The monoisotopic (exact) mass is 464 g/mol. The highest BCUT2D eigenvalue weighted by atomic mass is 79.9. The average Bonchev–Trinajstić information content (AvgIpc) is 2.67. The molecule has 0 aliphatic heterocycles. The highest BCUT2D eigenvalue weighted by molar-refractivity contribution is 9.10. The summed E-state index contributed by atoms with van der Waals surface area (Å²) in [5, 5.41) is 14.6. The fourth-order valence-corrected chi connectivity index (χ4v) is 2.77. The molecule has 3 N–H and O–H groups in total. The molecule has 0 radical (unpaired) electrons. The zero-order valence-corrected chi connectivity index (χ0v) is 16.8. The van der Waals surface area contributed by atoms with Crippen molar-refractivity contribution in [3.63, 3.8) is 0 Å². The van der Waals surface area contributed by atoms with Crippen LogP contribution in [0.1, 0.15) is 22.8 Å². The zero-order chi connectivity index (χ0) is 21.4. The minimum absolute atomic E-state index is 0.0998. The van der Waals surface area contributed by atoms with Crippen molar-refractivity contribution in [1.29, 1.82) is 0 Å². The normalized spacial score (nSPS) is 10.6. The van der Waals surface area contributed by atoms with Gasteiger partial charge in [-0.1, -0.05) is 6.07 Å². The summed E-state index contributed by atoms with van der Waals surface area (Å²) in [6.07, 6.45) is 1.36. The average molecular weight is 465 g/mol. The third-order valence-electron chi connectivity index (χ3n) is 3.39. The molecule has 2 aromatic rings. The van der Waals surface area contributed by atoms with Gasteiger partial charge >= 0.3 is 0 Å². The first-order chi connectivity index (χ1) is 13.8. The maximum absolute atomic E-state index is 12.1. The van der Waals surface area contributed by atoms with E-state index in [1.807, 2.05) is 0 Å². The van der Waals surface area contributed by atoms with E-state index in [4.69, 9.17) is 15.2 Å². The van der Waals surface area contributed by atoms with Gasteiger partial charge in [0.25, 0.3) is 17.5 Å². The fraction of sp³-hybridized carbons (Fsp3) is 0.167. The molecule has 2 amide bonds. The number of carbonyl (C=O) groups is 2. The summed E-state index contributed by atoms with van der Waals surface area (Å²) in [6.45, 7) is 1.82. The van der Waals surface area contributed by atoms with E-state index < -0.39 is 16.7 Å². The quantitative estimate of drug-likeness (QED) is 0.330. The summed E-state index contributed by atoms with van der Waals surface area (Å²) < 4.78 is 11.4. The molecular formula is C18H17BrN4O6. The standard InChI is InChI=1S/C18H17BrN4O6/c1-2-28-15-7-11(6-14(19)17(15)29-10-16(20)24)9-21-22-18(25)12-4-3-5-13(8-12)23(26)27/h3-9H,2,10H2,1H3,(H2,20,24)(H,22,25)/b21-9+. The van der Waals surface area contributed by atoms with Crippen LogP contribution < -0.4 is 20.6 Å². The van der Waals surface area contributed by atoms with E-state index in [0.29, 0.717) is 28.1 Å². The van der Waals surface area contributed by atoms with Crippen molar-refractivity contribution in [2.75, 3.05) is 13.2 Å². The van der Waals surface area contributed by atoms with Crippen LogP contribution in [0.25, 0.3) is 0 Å². The van der Waals surface area contributed by atoms with E-state index in [-0.39, 0.29) is 17.9 Å². The highest BCUT2D eigenvalue weighted by Crippen LogP contribution is 2.36. The number of rotatable bonds is 9. The molecule has 0 spiro atoms. The summed E-state index contributed by atoms with van der Waals surface area (Å²) in [5.41, 5.74) is 7.86. The Morgan fingerprint density at radius 3 is 2.72 bits per heavy atom. The number of hydrogen-bond donors (Lipinski definition) is 2. The molecule has 0 bridgehead atoms. The van der Waals surface area contributed by atoms with Crippen LogP contribution in [-0.2, 0) is 4.79 Å². The van der Waals surface area contributed by atoms with Crippen LogP contribution in [0.4, 0.5) is 5.69 Å². The Labute approximate surface area is 174 Å². The van der Waals surface area contributed by atoms with Gasteiger partial charge in [0, 0.05) is 17.7 Å². The number of ether oxygens (including phenoxy) is 2. The van der Waals surface area contributed by atoms with Crippen LogP contribution in [0.5, 0.6) is 11.5 Å². The van der Waals surface area contributed by atoms with Crippen LogP contribution in [0.3, 0.4) is 0 Å². The molecule has 10 nitrogen and oxygen atoms in total. The Morgan fingerprint density at radius 2 is 2.07 bits per heavy atom. The van der Waals surface area contributed by atoms with Crippen molar-refractivity contribution in [2.45, 2.75) is 6.92 Å². The van der Waals surface area contributed by atoms with Crippen LogP contribution in [-0.4, -0.2) is 36.2 Å². The predicted molar refractivity (Wildman–Crippen MR) is 108 cm³/mol. The van der Waals surface area contributed by atoms with E-state index in [0.717, 1.165) is 6.07 Å². The second-order valence-corrected chi connectivity index (χ2v) is 6.38. The maximum atomic E-state index is 12.1. The smallest absolute Gasteiger partial charge is 0.271 e. The van der Waals surface area contributed by atoms with E-state index in [9.17, 15) is 19.7 Å². The number of nitrogens with zero attached hydrogens (tertiary/aromatic N) is 2. The number of nitrogens with one attached hydrogen (secondary N) is 1. The number of primary amides is 1. The van der Waals surface area contributed by atoms with E-state index in [2.05, 4.69) is 26.5 Å². The summed E-state index contributed by atoms with van der Waals surface area (Å²) >= 11 is 3.33. The molecule has 2 rings (SSSR count). The van der Waals surface area contributed by atoms with E-state index in [1.54, 1.807) is 19.1 Å². The number of benzene rings is 2. The zero-order valence-electron chi connectivity index (χ0n) is 15.3. The molecule has 0 heterocycles. The molecular weight excluding hydrogens is 448 g/mol. The lowest BCUT2D eigenvalue weighted by molar-refractivity contribution is -0.384. The number of non-ortho nitro benzene ring substituents is 1. The van der Waals surface area contributed by atoms with Gasteiger partial charge in [-0.05, 0) is 46.6 Å². The summed E-state index contributed by atoms with van der Waals surface area (Å²) in [6, 6.07) is 8.53. The third kappa shape index (κ3) is 6.28. The van der Waals surface area contributed by atoms with Gasteiger partial charge in [0.1, 0.15) is 0 Å². The molecule has 0 saturated heterocycles. The lowest BCUT2D eigenvalue weighted by atomic mass is 10.2. The number of halogens is 1. The van der Waals surface area contributed by atoms with Crippen LogP contribution in [0.15, 0.2) is 46.0 Å². The number of nitrogens with two attached hydrogens (primary N) is 1. The second-order valence-electron chi connectivity index (χ2n) is 5.52. The van der Waals surface area contributed by atoms with Gasteiger partial charge in [0.15, 0.2) is 18.1 Å². The number of nitro benzene ring substituents is 1. The Morgan fingerprint density at radius 1 is 1.31 bits per heavy atom. The van der Waals surface area contributed by atoms with Crippen LogP contribution in [0, 0.1) is 10.1 Å². The third-order valence-corrected chi connectivity index (χ3v) is 3.98. The van der Waals surface area contributed by atoms with Crippen molar-refractivity contribution in [3.8, 4) is 11.5 Å². The Bertz CT molecular complexity index is 963. The minimum atomic E-state index is -0.631. The number of amides is 2. The Kier molecular flexibility index (Phi) is 7.66. The lowest BCUT2D eigenvalue weighted by Crippen LogP contribution is -2.20. The molecule has 2 aromatic carbocycles. The Hall–Kier alpha value is -3.47. The number of hydrazone groups is 1. The largest absolute Gasteiger partial charge is 0.490 e. The van der Waals surface area contributed by atoms with E-state index >= 15 is 0 Å². The van der Waals surface area contributed by atoms with Gasteiger partial charge in [-0.3, -0.25) is 19.7 Å². The van der Waals surface area contributed by atoms with E-state index in [1.165, 1.54) is 24.4 Å². The predicted octanol–water partition coefficient (Wildman–Crippen LogP) is 2.38. The molecule has 11 heteroatoms. The second kappa shape index (κ2) is 10.2. The van der Waals surface area contributed by atoms with Gasteiger partial charge in [0.2, 0.25) is 0 Å². The molecule has 0 saturated carbocycles. The van der Waals surface area contributed by atoms with Gasteiger partial charge < -0.3 is 15.2 Å². The number of carbonyl (C=O) groups excluding carboxylic acids is 2. The molecule has 29 heavy (non-hydrogen) atoms. The van der Waals surface area contributed by atoms with Crippen molar-refractivity contribution in [3.05, 3.63) is 62.1 Å². The van der Waals surface area contributed by atoms with Crippen molar-refractivity contribution >= 4 is 39.6 Å². The molecule has 0 aliphatic carbocycles. The first-order valence-corrected chi connectivity index (χ1v) is 9.06. The molecule has 0 aliphatic rings. The molecule has 0 aromatic heterocycles. The molecule has 0 unspecified atom stereocenters. The summed E-state index contributed by atoms with van der Waals surface area (Å²) in [5.74, 6) is -0.567. The molecule has 152 valence electrons. The topological polar surface area (TPSA) is 146 Å². The SMILES string of the molecule is CCOc1cc(/C=N/NC(=O)c2cccc([N+](=O)[O-])c2)cc(Br)c1OCC(N)=O. The first kappa shape index (κ1) is 21.8. The minimum Gasteiger partial charge on any atom is -0.490 e. The highest BCUT2D eigenvalue weighted by Gasteiger charge is 2.13. The van der Waals surface area contributed by atoms with Crippen molar-refractivity contribution in [2.24, 2.45) is 10.8 Å². The lowest BCUT2D eigenvalue weighted by Gasteiger charge is -2.13. The molecule has 0 atom stereocenters. The molecule has 0 fully saturated rings. The summed E-state index contributed by atoms with van der Waals surface area (Å²) in [4.78, 5) is 33.3. The first-order valence-electron chi connectivity index (χ1n) is 8.27. The van der Waals surface area contributed by atoms with Gasteiger partial charge in [0.05, 0.1) is 22.2 Å². The maximum Gasteiger partial charge on any atom is 0.271 e. The van der Waals surface area contributed by atoms with Crippen molar-refractivity contribution < 1.29 is 24.0 Å². The number of nitro groups is 1. The van der Waals surface area contributed by atoms with Gasteiger partial charge in [-0.2, -0.15) is 5.10 Å². The Balaban J connectivity index is 2.15.